The van der Waals surface area contributed by atoms with Gasteiger partial charge in [-0.25, -0.2) is 0 Å². The number of hydrogen-bond acceptors (Lipinski definition) is 4. The van der Waals surface area contributed by atoms with E-state index < -0.39 is 0 Å². The van der Waals surface area contributed by atoms with Crippen molar-refractivity contribution < 1.29 is 19.0 Å². The molecule has 1 N–H and O–H groups in total. The van der Waals surface area contributed by atoms with Crippen molar-refractivity contribution in [2.75, 3.05) is 26.6 Å². The Kier molecular flexibility index (Phi) is 5.34. The molecule has 0 radical (unpaired) electrons. The average Bonchev–Trinajstić information content (AvgIpc) is 2.55. The van der Waals surface area contributed by atoms with Gasteiger partial charge in [0.15, 0.2) is 0 Å². The van der Waals surface area contributed by atoms with Crippen molar-refractivity contribution in [1.29, 1.82) is 0 Å². The van der Waals surface area contributed by atoms with Crippen molar-refractivity contribution in [2.45, 2.75) is 6.92 Å². The Morgan fingerprint density at radius 2 is 1.74 bits per heavy atom. The Labute approximate surface area is 140 Å². The Bertz CT molecular complexity index is 731. The van der Waals surface area contributed by atoms with Gasteiger partial charge < -0.3 is 19.5 Å². The molecule has 6 heteroatoms. The number of nitrogens with one attached hydrogen (secondary N) is 1. The van der Waals surface area contributed by atoms with Gasteiger partial charge in [-0.1, -0.05) is 23.7 Å². The van der Waals surface area contributed by atoms with Crippen LogP contribution in [0.1, 0.15) is 15.9 Å². The summed E-state index contributed by atoms with van der Waals surface area (Å²) in [5.74, 6) is 1.10. The molecule has 0 aliphatic rings. The largest absolute Gasteiger partial charge is 0.496 e. The number of carbonyl (C=O) groups excluding carboxylic acids is 1. The highest BCUT2D eigenvalue weighted by Gasteiger charge is 2.17. The van der Waals surface area contributed by atoms with E-state index in [1.807, 2.05) is 13.0 Å². The zero-order valence-corrected chi connectivity index (χ0v) is 14.2. The minimum absolute atomic E-state index is 0.312. The van der Waals surface area contributed by atoms with Gasteiger partial charge in [-0.05, 0) is 18.6 Å². The normalized spacial score (nSPS) is 10.1. The molecule has 0 aromatic heterocycles. The summed E-state index contributed by atoms with van der Waals surface area (Å²) in [6.45, 7) is 1.88. The molecular weight excluding hydrogens is 318 g/mol. The number of amides is 1. The molecule has 0 unspecified atom stereocenters. The van der Waals surface area contributed by atoms with Crippen LogP contribution in [-0.2, 0) is 0 Å². The van der Waals surface area contributed by atoms with Gasteiger partial charge in [0, 0.05) is 12.1 Å². The first-order valence-electron chi connectivity index (χ1n) is 6.88. The minimum atomic E-state index is -0.312. The van der Waals surface area contributed by atoms with Gasteiger partial charge in [-0.15, -0.1) is 0 Å². The van der Waals surface area contributed by atoms with E-state index >= 15 is 0 Å². The average molecular weight is 336 g/mol. The van der Waals surface area contributed by atoms with Gasteiger partial charge in [0.2, 0.25) is 0 Å². The van der Waals surface area contributed by atoms with Crippen LogP contribution in [-0.4, -0.2) is 27.2 Å². The highest BCUT2D eigenvalue weighted by Crippen LogP contribution is 2.36. The number of ether oxygens (including phenoxy) is 3. The van der Waals surface area contributed by atoms with E-state index in [9.17, 15) is 4.79 Å². The first-order chi connectivity index (χ1) is 11.0. The third-order valence-corrected chi connectivity index (χ3v) is 3.68. The molecule has 0 heterocycles. The SMILES string of the molecule is COc1cc(NC(=O)c2cccc(C)c2OC)c(OC)cc1Cl. The van der Waals surface area contributed by atoms with Crippen LogP contribution in [0.4, 0.5) is 5.69 Å². The van der Waals surface area contributed by atoms with E-state index in [2.05, 4.69) is 5.32 Å². The number of benzene rings is 2. The molecule has 122 valence electrons. The van der Waals surface area contributed by atoms with Gasteiger partial charge in [0.1, 0.15) is 17.2 Å². The lowest BCUT2D eigenvalue weighted by Crippen LogP contribution is -2.14. The van der Waals surface area contributed by atoms with Crippen molar-refractivity contribution >= 4 is 23.2 Å². The molecule has 0 spiro atoms. The molecule has 0 saturated carbocycles. The number of aryl methyl sites for hydroxylation is 1. The Morgan fingerprint density at radius 3 is 2.35 bits per heavy atom. The van der Waals surface area contributed by atoms with E-state index in [1.54, 1.807) is 24.3 Å². The molecule has 23 heavy (non-hydrogen) atoms. The summed E-state index contributed by atoms with van der Waals surface area (Å²) < 4.78 is 15.7. The summed E-state index contributed by atoms with van der Waals surface area (Å²) in [4.78, 5) is 12.6. The molecule has 2 aromatic rings. The van der Waals surface area contributed by atoms with E-state index in [1.165, 1.54) is 21.3 Å². The van der Waals surface area contributed by atoms with E-state index in [0.717, 1.165) is 5.56 Å². The molecule has 0 atom stereocenters. The third-order valence-electron chi connectivity index (χ3n) is 3.38. The molecule has 0 bridgehead atoms. The zero-order valence-electron chi connectivity index (χ0n) is 13.4. The van der Waals surface area contributed by atoms with Crippen LogP contribution in [0.2, 0.25) is 5.02 Å². The Hall–Kier alpha value is -2.40. The Morgan fingerprint density at radius 1 is 1.04 bits per heavy atom. The first kappa shape index (κ1) is 17.0. The number of rotatable bonds is 5. The second kappa shape index (κ2) is 7.24. The van der Waals surface area contributed by atoms with Gasteiger partial charge in [-0.3, -0.25) is 4.79 Å². The van der Waals surface area contributed by atoms with Crippen LogP contribution in [0.3, 0.4) is 0 Å². The molecule has 0 aliphatic carbocycles. The maximum absolute atomic E-state index is 12.6. The second-order valence-electron chi connectivity index (χ2n) is 4.80. The highest BCUT2D eigenvalue weighted by molar-refractivity contribution is 6.32. The molecule has 0 aliphatic heterocycles. The number of anilines is 1. The molecule has 2 aromatic carbocycles. The third kappa shape index (κ3) is 3.51. The smallest absolute Gasteiger partial charge is 0.259 e. The molecular formula is C17H18ClNO4. The summed E-state index contributed by atoms with van der Waals surface area (Å²) in [6, 6.07) is 8.57. The van der Waals surface area contributed by atoms with Gasteiger partial charge in [0.05, 0.1) is 37.6 Å². The van der Waals surface area contributed by atoms with Crippen LogP contribution in [0.15, 0.2) is 30.3 Å². The predicted molar refractivity (Wildman–Crippen MR) is 90.2 cm³/mol. The topological polar surface area (TPSA) is 56.8 Å². The summed E-state index contributed by atoms with van der Waals surface area (Å²) in [5, 5.41) is 3.20. The fraction of sp³-hybridized carbons (Fsp3) is 0.235. The number of para-hydroxylation sites is 1. The summed E-state index contributed by atoms with van der Waals surface area (Å²) in [6.07, 6.45) is 0. The fourth-order valence-electron chi connectivity index (χ4n) is 2.25. The van der Waals surface area contributed by atoms with Crippen molar-refractivity contribution in [3.63, 3.8) is 0 Å². The Balaban J connectivity index is 2.39. The monoisotopic (exact) mass is 335 g/mol. The lowest BCUT2D eigenvalue weighted by molar-refractivity contribution is 0.102. The molecule has 0 saturated heterocycles. The maximum atomic E-state index is 12.6. The second-order valence-corrected chi connectivity index (χ2v) is 5.20. The van der Waals surface area contributed by atoms with Gasteiger partial charge in [-0.2, -0.15) is 0 Å². The quantitative estimate of drug-likeness (QED) is 0.899. The number of halogens is 1. The van der Waals surface area contributed by atoms with E-state index in [4.69, 9.17) is 25.8 Å². The highest BCUT2D eigenvalue weighted by atomic mass is 35.5. The standard InChI is InChI=1S/C17H18ClNO4/c1-10-6-5-7-11(16(10)23-4)17(20)19-13-9-14(21-2)12(18)8-15(13)22-3/h5-9H,1-4H3,(H,19,20). The molecule has 1 amide bonds. The number of methoxy groups -OCH3 is 3. The summed E-state index contributed by atoms with van der Waals surface area (Å²) in [5.41, 5.74) is 1.77. The molecule has 5 nitrogen and oxygen atoms in total. The molecule has 2 rings (SSSR count). The fourth-order valence-corrected chi connectivity index (χ4v) is 2.48. The summed E-state index contributed by atoms with van der Waals surface area (Å²) >= 11 is 6.06. The van der Waals surface area contributed by atoms with Crippen molar-refractivity contribution in [1.82, 2.24) is 0 Å². The van der Waals surface area contributed by atoms with Crippen LogP contribution in [0.5, 0.6) is 17.2 Å². The number of hydrogen-bond donors (Lipinski definition) is 1. The first-order valence-corrected chi connectivity index (χ1v) is 7.26. The lowest BCUT2D eigenvalue weighted by atomic mass is 10.1. The van der Waals surface area contributed by atoms with Crippen LogP contribution >= 0.6 is 11.6 Å². The van der Waals surface area contributed by atoms with Crippen LogP contribution in [0.25, 0.3) is 0 Å². The van der Waals surface area contributed by atoms with Crippen molar-refractivity contribution in [2.24, 2.45) is 0 Å². The van der Waals surface area contributed by atoms with Crippen molar-refractivity contribution in [3.8, 4) is 17.2 Å². The van der Waals surface area contributed by atoms with Crippen LogP contribution < -0.4 is 19.5 Å². The zero-order chi connectivity index (χ0) is 17.0. The van der Waals surface area contributed by atoms with Gasteiger partial charge >= 0.3 is 0 Å². The minimum Gasteiger partial charge on any atom is -0.496 e. The maximum Gasteiger partial charge on any atom is 0.259 e. The van der Waals surface area contributed by atoms with E-state index in [0.29, 0.717) is 33.5 Å². The van der Waals surface area contributed by atoms with Gasteiger partial charge in [0.25, 0.3) is 5.91 Å². The van der Waals surface area contributed by atoms with E-state index in [-0.39, 0.29) is 5.91 Å². The summed E-state index contributed by atoms with van der Waals surface area (Å²) in [7, 11) is 4.54. The predicted octanol–water partition coefficient (Wildman–Crippen LogP) is 3.93. The van der Waals surface area contributed by atoms with Crippen molar-refractivity contribution in [3.05, 3.63) is 46.5 Å². The van der Waals surface area contributed by atoms with Crippen LogP contribution in [0, 0.1) is 6.92 Å². The molecule has 0 fully saturated rings. The lowest BCUT2D eigenvalue weighted by Gasteiger charge is -2.15. The number of carbonyl (C=O) groups is 1.